The highest BCUT2D eigenvalue weighted by Crippen LogP contribution is 2.27. The second-order valence-electron chi connectivity index (χ2n) is 4.76. The molecule has 0 spiro atoms. The van der Waals surface area contributed by atoms with Gasteiger partial charge in [-0.1, -0.05) is 47.5 Å². The first-order chi connectivity index (χ1) is 8.56. The van der Waals surface area contributed by atoms with Crippen molar-refractivity contribution < 1.29 is 0 Å². The van der Waals surface area contributed by atoms with Gasteiger partial charge in [0.05, 0.1) is 10.7 Å². The van der Waals surface area contributed by atoms with Crippen LogP contribution in [0.1, 0.15) is 29.7 Å². The normalized spacial score (nSPS) is 12.2. The minimum Gasteiger partial charge on any atom is -0.377 e. The summed E-state index contributed by atoms with van der Waals surface area (Å²) in [5.41, 5.74) is 4.69. The van der Waals surface area contributed by atoms with Gasteiger partial charge in [0.1, 0.15) is 0 Å². The first-order valence-electron chi connectivity index (χ1n) is 6.15. The van der Waals surface area contributed by atoms with Crippen molar-refractivity contribution in [1.82, 2.24) is 0 Å². The molecule has 0 aliphatic rings. The van der Waals surface area contributed by atoms with Crippen LogP contribution in [0.2, 0.25) is 5.02 Å². The summed E-state index contributed by atoms with van der Waals surface area (Å²) in [6.07, 6.45) is 0. The van der Waals surface area contributed by atoms with Crippen LogP contribution in [0, 0.1) is 13.8 Å². The van der Waals surface area contributed by atoms with E-state index in [4.69, 9.17) is 11.6 Å². The van der Waals surface area contributed by atoms with E-state index >= 15 is 0 Å². The molecule has 0 aliphatic heterocycles. The van der Waals surface area contributed by atoms with Gasteiger partial charge in [-0.2, -0.15) is 0 Å². The standard InChI is InChI=1S/C16H18ClN/c1-11-4-7-14(8-5-11)13(3)18-16-9-6-12(2)10-15(16)17/h4-10,13,18H,1-3H3. The summed E-state index contributed by atoms with van der Waals surface area (Å²) in [5, 5.41) is 4.21. The fraction of sp³-hybridized carbons (Fsp3) is 0.250. The molecule has 0 aromatic heterocycles. The average molecular weight is 260 g/mol. The third-order valence-corrected chi connectivity index (χ3v) is 3.39. The largest absolute Gasteiger partial charge is 0.377 e. The van der Waals surface area contributed by atoms with Gasteiger partial charge in [0.15, 0.2) is 0 Å². The van der Waals surface area contributed by atoms with Gasteiger partial charge >= 0.3 is 0 Å². The van der Waals surface area contributed by atoms with Gasteiger partial charge in [0, 0.05) is 6.04 Å². The van der Waals surface area contributed by atoms with Crippen LogP contribution in [0.4, 0.5) is 5.69 Å². The lowest BCUT2D eigenvalue weighted by Gasteiger charge is -2.17. The summed E-state index contributed by atoms with van der Waals surface area (Å²) in [5.74, 6) is 0. The molecular weight excluding hydrogens is 242 g/mol. The molecule has 0 amide bonds. The summed E-state index contributed by atoms with van der Waals surface area (Å²) < 4.78 is 0. The molecule has 94 valence electrons. The monoisotopic (exact) mass is 259 g/mol. The molecular formula is C16H18ClN. The highest BCUT2D eigenvalue weighted by atomic mass is 35.5. The minimum absolute atomic E-state index is 0.241. The van der Waals surface area contributed by atoms with Crippen molar-refractivity contribution in [1.29, 1.82) is 0 Å². The summed E-state index contributed by atoms with van der Waals surface area (Å²) in [6, 6.07) is 14.9. The van der Waals surface area contributed by atoms with E-state index in [2.05, 4.69) is 49.5 Å². The Bertz CT molecular complexity index is 531. The Morgan fingerprint density at radius 1 is 0.944 bits per heavy atom. The maximum absolute atomic E-state index is 6.22. The molecule has 18 heavy (non-hydrogen) atoms. The van der Waals surface area contributed by atoms with Crippen LogP contribution in [-0.2, 0) is 0 Å². The van der Waals surface area contributed by atoms with Crippen molar-refractivity contribution in [3.63, 3.8) is 0 Å². The minimum atomic E-state index is 0.241. The Kier molecular flexibility index (Phi) is 3.93. The molecule has 1 atom stereocenters. The fourth-order valence-electron chi connectivity index (χ4n) is 1.91. The maximum Gasteiger partial charge on any atom is 0.0640 e. The van der Waals surface area contributed by atoms with E-state index in [1.165, 1.54) is 16.7 Å². The van der Waals surface area contributed by atoms with Gasteiger partial charge in [-0.05, 0) is 44.0 Å². The predicted molar refractivity (Wildman–Crippen MR) is 79.4 cm³/mol. The number of benzene rings is 2. The lowest BCUT2D eigenvalue weighted by molar-refractivity contribution is 0.884. The molecule has 0 saturated heterocycles. The van der Waals surface area contributed by atoms with Crippen LogP contribution in [0.3, 0.4) is 0 Å². The Labute approximate surface area is 114 Å². The summed E-state index contributed by atoms with van der Waals surface area (Å²) in [6.45, 7) is 6.28. The van der Waals surface area contributed by atoms with Gasteiger partial charge in [0.25, 0.3) is 0 Å². The third kappa shape index (κ3) is 3.05. The van der Waals surface area contributed by atoms with Crippen LogP contribution in [-0.4, -0.2) is 0 Å². The number of hydrogen-bond donors (Lipinski definition) is 1. The molecule has 0 heterocycles. The van der Waals surface area contributed by atoms with Crippen LogP contribution in [0.25, 0.3) is 0 Å². The van der Waals surface area contributed by atoms with Crippen LogP contribution in [0.15, 0.2) is 42.5 Å². The van der Waals surface area contributed by atoms with Crippen molar-refractivity contribution in [3.8, 4) is 0 Å². The third-order valence-electron chi connectivity index (χ3n) is 3.07. The quantitative estimate of drug-likeness (QED) is 0.806. The van der Waals surface area contributed by atoms with Gasteiger partial charge in [0.2, 0.25) is 0 Å². The molecule has 2 heteroatoms. The van der Waals surface area contributed by atoms with Crippen molar-refractivity contribution >= 4 is 17.3 Å². The first-order valence-corrected chi connectivity index (χ1v) is 6.53. The number of aryl methyl sites for hydroxylation is 2. The molecule has 2 aromatic rings. The van der Waals surface area contributed by atoms with Crippen molar-refractivity contribution in [2.24, 2.45) is 0 Å². The fourth-order valence-corrected chi connectivity index (χ4v) is 2.20. The maximum atomic E-state index is 6.22. The number of halogens is 1. The van der Waals surface area contributed by atoms with E-state index in [9.17, 15) is 0 Å². The Morgan fingerprint density at radius 2 is 1.56 bits per heavy atom. The predicted octanol–water partition coefficient (Wildman–Crippen LogP) is 5.13. The van der Waals surface area contributed by atoms with Crippen LogP contribution < -0.4 is 5.32 Å². The molecule has 0 radical (unpaired) electrons. The zero-order chi connectivity index (χ0) is 13.1. The lowest BCUT2D eigenvalue weighted by Crippen LogP contribution is -2.06. The van der Waals surface area contributed by atoms with Gasteiger partial charge in [-0.15, -0.1) is 0 Å². The van der Waals surface area contributed by atoms with Crippen LogP contribution in [0.5, 0.6) is 0 Å². The summed E-state index contributed by atoms with van der Waals surface area (Å²) >= 11 is 6.22. The lowest BCUT2D eigenvalue weighted by atomic mass is 10.1. The van der Waals surface area contributed by atoms with E-state index in [1.807, 2.05) is 19.1 Å². The molecule has 1 unspecified atom stereocenters. The Balaban J connectivity index is 2.15. The molecule has 2 rings (SSSR count). The van der Waals surface area contributed by atoms with Crippen LogP contribution >= 0.6 is 11.6 Å². The smallest absolute Gasteiger partial charge is 0.0640 e. The summed E-state index contributed by atoms with van der Waals surface area (Å²) in [7, 11) is 0. The molecule has 0 aliphatic carbocycles. The Hall–Kier alpha value is -1.47. The van der Waals surface area contributed by atoms with E-state index in [0.717, 1.165) is 10.7 Å². The number of hydrogen-bond acceptors (Lipinski definition) is 1. The number of rotatable bonds is 3. The molecule has 0 saturated carbocycles. The second-order valence-corrected chi connectivity index (χ2v) is 5.17. The topological polar surface area (TPSA) is 12.0 Å². The van der Waals surface area contributed by atoms with Crippen molar-refractivity contribution in [3.05, 3.63) is 64.2 Å². The molecule has 0 bridgehead atoms. The van der Waals surface area contributed by atoms with Crippen molar-refractivity contribution in [2.45, 2.75) is 26.8 Å². The van der Waals surface area contributed by atoms with Gasteiger partial charge < -0.3 is 5.32 Å². The second kappa shape index (κ2) is 5.45. The highest BCUT2D eigenvalue weighted by molar-refractivity contribution is 6.33. The number of anilines is 1. The summed E-state index contributed by atoms with van der Waals surface area (Å²) in [4.78, 5) is 0. The number of nitrogens with one attached hydrogen (secondary N) is 1. The molecule has 0 fully saturated rings. The highest BCUT2D eigenvalue weighted by Gasteiger charge is 2.07. The van der Waals surface area contributed by atoms with E-state index in [-0.39, 0.29) is 6.04 Å². The first kappa shape index (κ1) is 13.0. The van der Waals surface area contributed by atoms with E-state index in [1.54, 1.807) is 0 Å². The average Bonchev–Trinajstić information content (AvgIpc) is 2.33. The van der Waals surface area contributed by atoms with Gasteiger partial charge in [-0.25, -0.2) is 0 Å². The Morgan fingerprint density at radius 3 is 2.17 bits per heavy atom. The van der Waals surface area contributed by atoms with E-state index < -0.39 is 0 Å². The SMILES string of the molecule is Cc1ccc(C(C)Nc2ccc(C)cc2Cl)cc1. The molecule has 1 nitrogen and oxygen atoms in total. The van der Waals surface area contributed by atoms with Crippen molar-refractivity contribution in [2.75, 3.05) is 5.32 Å². The molecule has 2 aromatic carbocycles. The zero-order valence-corrected chi connectivity index (χ0v) is 11.8. The zero-order valence-electron chi connectivity index (χ0n) is 11.0. The molecule has 1 N–H and O–H groups in total. The van der Waals surface area contributed by atoms with E-state index in [0.29, 0.717) is 0 Å². The van der Waals surface area contributed by atoms with Gasteiger partial charge in [-0.3, -0.25) is 0 Å².